The minimum atomic E-state index is 0.571. The monoisotopic (exact) mass is 231 g/mol. The Labute approximate surface area is 101 Å². The minimum absolute atomic E-state index is 0.571. The maximum absolute atomic E-state index is 3.50. The quantitative estimate of drug-likeness (QED) is 0.828. The van der Waals surface area contributed by atoms with Gasteiger partial charge < -0.3 is 5.32 Å². The van der Waals surface area contributed by atoms with E-state index in [-0.39, 0.29) is 0 Å². The fourth-order valence-electron chi connectivity index (χ4n) is 1.72. The molecule has 2 rings (SSSR count). The van der Waals surface area contributed by atoms with E-state index in [1.54, 1.807) is 0 Å². The van der Waals surface area contributed by atoms with Crippen LogP contribution in [0.3, 0.4) is 0 Å². The molecular formula is C14H17NS. The minimum Gasteiger partial charge on any atom is -0.311 e. The second-order valence-electron chi connectivity index (χ2n) is 4.02. The van der Waals surface area contributed by atoms with Crippen LogP contribution in [0, 0.1) is 0 Å². The molecule has 1 atom stereocenters. The Morgan fingerprint density at radius 1 is 1.12 bits per heavy atom. The summed E-state index contributed by atoms with van der Waals surface area (Å²) in [6, 6.07) is 14.9. The first kappa shape index (κ1) is 11.4. The van der Waals surface area contributed by atoms with Crippen molar-refractivity contribution in [2.75, 3.05) is 6.54 Å². The van der Waals surface area contributed by atoms with Crippen LogP contribution in [-0.2, 0) is 6.54 Å². The van der Waals surface area contributed by atoms with Gasteiger partial charge in [-0.05, 0) is 22.9 Å². The van der Waals surface area contributed by atoms with Gasteiger partial charge in [0.2, 0.25) is 0 Å². The molecule has 1 nitrogen and oxygen atoms in total. The molecule has 0 bridgehead atoms. The molecule has 0 saturated carbocycles. The molecule has 1 unspecified atom stereocenters. The van der Waals surface area contributed by atoms with Crippen molar-refractivity contribution in [2.45, 2.75) is 19.4 Å². The Morgan fingerprint density at radius 3 is 2.62 bits per heavy atom. The van der Waals surface area contributed by atoms with Crippen LogP contribution >= 0.6 is 11.3 Å². The van der Waals surface area contributed by atoms with E-state index in [2.05, 4.69) is 60.1 Å². The van der Waals surface area contributed by atoms with Gasteiger partial charge in [0.1, 0.15) is 0 Å². The molecule has 0 aliphatic rings. The number of rotatable bonds is 5. The van der Waals surface area contributed by atoms with Gasteiger partial charge in [0.05, 0.1) is 0 Å². The number of thiophene rings is 1. The highest BCUT2D eigenvalue weighted by Gasteiger charge is 2.03. The summed E-state index contributed by atoms with van der Waals surface area (Å²) >= 11 is 1.81. The summed E-state index contributed by atoms with van der Waals surface area (Å²) in [5.41, 5.74) is 1.40. The molecule has 16 heavy (non-hydrogen) atoms. The molecule has 1 aromatic carbocycles. The van der Waals surface area contributed by atoms with Crippen molar-refractivity contribution < 1.29 is 0 Å². The largest absolute Gasteiger partial charge is 0.311 e. The molecule has 1 N–H and O–H groups in total. The summed E-state index contributed by atoms with van der Waals surface area (Å²) in [6.45, 7) is 4.27. The van der Waals surface area contributed by atoms with Gasteiger partial charge in [0.15, 0.2) is 0 Å². The maximum Gasteiger partial charge on any atom is 0.0299 e. The zero-order valence-corrected chi connectivity index (χ0v) is 10.3. The smallest absolute Gasteiger partial charge is 0.0299 e. The molecule has 0 spiro atoms. The molecule has 0 radical (unpaired) electrons. The van der Waals surface area contributed by atoms with E-state index in [4.69, 9.17) is 0 Å². The van der Waals surface area contributed by atoms with E-state index in [0.29, 0.717) is 5.92 Å². The number of hydrogen-bond donors (Lipinski definition) is 1. The second-order valence-corrected chi connectivity index (χ2v) is 5.05. The van der Waals surface area contributed by atoms with Gasteiger partial charge in [-0.15, -0.1) is 11.3 Å². The van der Waals surface area contributed by atoms with Crippen LogP contribution in [0.5, 0.6) is 0 Å². The average molecular weight is 231 g/mol. The first-order valence-electron chi connectivity index (χ1n) is 5.64. The Hall–Kier alpha value is -1.12. The number of benzene rings is 1. The van der Waals surface area contributed by atoms with Gasteiger partial charge >= 0.3 is 0 Å². The van der Waals surface area contributed by atoms with Crippen molar-refractivity contribution in [1.82, 2.24) is 5.32 Å². The molecule has 0 amide bonds. The molecule has 1 aromatic heterocycles. The van der Waals surface area contributed by atoms with Crippen LogP contribution in [-0.4, -0.2) is 6.54 Å². The summed E-state index contributed by atoms with van der Waals surface area (Å²) in [4.78, 5) is 1.40. The highest BCUT2D eigenvalue weighted by atomic mass is 32.1. The van der Waals surface area contributed by atoms with E-state index < -0.39 is 0 Å². The van der Waals surface area contributed by atoms with E-state index in [9.17, 15) is 0 Å². The topological polar surface area (TPSA) is 12.0 Å². The van der Waals surface area contributed by atoms with Crippen LogP contribution in [0.15, 0.2) is 47.8 Å². The lowest BCUT2D eigenvalue weighted by Crippen LogP contribution is -2.19. The van der Waals surface area contributed by atoms with Gasteiger partial charge in [-0.3, -0.25) is 0 Å². The number of hydrogen-bond acceptors (Lipinski definition) is 2. The summed E-state index contributed by atoms with van der Waals surface area (Å²) < 4.78 is 0. The van der Waals surface area contributed by atoms with Crippen molar-refractivity contribution in [3.63, 3.8) is 0 Å². The zero-order chi connectivity index (χ0) is 11.2. The Kier molecular flexibility index (Phi) is 4.14. The SMILES string of the molecule is CC(CNCc1cccs1)c1ccccc1. The normalized spacial score (nSPS) is 12.6. The number of nitrogens with one attached hydrogen (secondary N) is 1. The Bertz CT molecular complexity index is 394. The first-order chi connectivity index (χ1) is 7.86. The van der Waals surface area contributed by atoms with Gasteiger partial charge in [0.25, 0.3) is 0 Å². The van der Waals surface area contributed by atoms with Gasteiger partial charge in [-0.1, -0.05) is 43.3 Å². The summed E-state index contributed by atoms with van der Waals surface area (Å²) in [7, 11) is 0. The molecule has 2 aromatic rings. The Balaban J connectivity index is 1.78. The van der Waals surface area contributed by atoms with Crippen LogP contribution in [0.2, 0.25) is 0 Å². The highest BCUT2D eigenvalue weighted by Crippen LogP contribution is 2.14. The lowest BCUT2D eigenvalue weighted by atomic mass is 10.0. The van der Waals surface area contributed by atoms with E-state index in [1.165, 1.54) is 10.4 Å². The van der Waals surface area contributed by atoms with Crippen molar-refractivity contribution in [3.05, 3.63) is 58.3 Å². The van der Waals surface area contributed by atoms with E-state index >= 15 is 0 Å². The van der Waals surface area contributed by atoms with E-state index in [1.807, 2.05) is 11.3 Å². The van der Waals surface area contributed by atoms with E-state index in [0.717, 1.165) is 13.1 Å². The lowest BCUT2D eigenvalue weighted by Gasteiger charge is -2.12. The lowest BCUT2D eigenvalue weighted by molar-refractivity contribution is 0.619. The van der Waals surface area contributed by atoms with Crippen LogP contribution < -0.4 is 5.32 Å². The van der Waals surface area contributed by atoms with Crippen molar-refractivity contribution in [1.29, 1.82) is 0 Å². The molecule has 0 aliphatic carbocycles. The Morgan fingerprint density at radius 2 is 1.94 bits per heavy atom. The molecule has 2 heteroatoms. The van der Waals surface area contributed by atoms with Crippen LogP contribution in [0.4, 0.5) is 0 Å². The van der Waals surface area contributed by atoms with Crippen molar-refractivity contribution in [3.8, 4) is 0 Å². The third kappa shape index (κ3) is 3.19. The summed E-state index contributed by atoms with van der Waals surface area (Å²) in [5, 5.41) is 5.62. The third-order valence-corrected chi connectivity index (χ3v) is 3.57. The predicted molar refractivity (Wildman–Crippen MR) is 70.9 cm³/mol. The molecule has 0 saturated heterocycles. The van der Waals surface area contributed by atoms with Crippen LogP contribution in [0.1, 0.15) is 23.3 Å². The van der Waals surface area contributed by atoms with Crippen LogP contribution in [0.25, 0.3) is 0 Å². The fourth-order valence-corrected chi connectivity index (χ4v) is 2.40. The predicted octanol–water partition coefficient (Wildman–Crippen LogP) is 3.64. The maximum atomic E-state index is 3.50. The fraction of sp³-hybridized carbons (Fsp3) is 0.286. The molecule has 0 aliphatic heterocycles. The average Bonchev–Trinajstić information content (AvgIpc) is 2.83. The summed E-state index contributed by atoms with van der Waals surface area (Å²) in [5.74, 6) is 0.571. The zero-order valence-electron chi connectivity index (χ0n) is 9.52. The third-order valence-electron chi connectivity index (χ3n) is 2.70. The highest BCUT2D eigenvalue weighted by molar-refractivity contribution is 7.09. The van der Waals surface area contributed by atoms with Gasteiger partial charge in [0, 0.05) is 18.0 Å². The molecule has 1 heterocycles. The molecule has 84 valence electrons. The standard InChI is InChI=1S/C14H17NS/c1-12(13-6-3-2-4-7-13)10-15-11-14-8-5-9-16-14/h2-9,12,15H,10-11H2,1H3. The second kappa shape index (κ2) is 5.83. The van der Waals surface area contributed by atoms with Crippen molar-refractivity contribution >= 4 is 11.3 Å². The van der Waals surface area contributed by atoms with Gasteiger partial charge in [-0.25, -0.2) is 0 Å². The first-order valence-corrected chi connectivity index (χ1v) is 6.52. The molecular weight excluding hydrogens is 214 g/mol. The van der Waals surface area contributed by atoms with Gasteiger partial charge in [-0.2, -0.15) is 0 Å². The summed E-state index contributed by atoms with van der Waals surface area (Å²) in [6.07, 6.45) is 0. The van der Waals surface area contributed by atoms with Crippen molar-refractivity contribution in [2.24, 2.45) is 0 Å². The molecule has 0 fully saturated rings.